The van der Waals surface area contributed by atoms with E-state index in [9.17, 15) is 19.2 Å². The van der Waals surface area contributed by atoms with Gasteiger partial charge in [0.15, 0.2) is 0 Å². The predicted molar refractivity (Wildman–Crippen MR) is 152 cm³/mol. The summed E-state index contributed by atoms with van der Waals surface area (Å²) in [7, 11) is 1.36. The molecule has 220 valence electrons. The Balaban J connectivity index is 1.33. The van der Waals surface area contributed by atoms with Crippen LogP contribution in [0.25, 0.3) is 0 Å². The first-order valence-corrected chi connectivity index (χ1v) is 15.4. The lowest BCUT2D eigenvalue weighted by Gasteiger charge is -2.68. The van der Waals surface area contributed by atoms with Gasteiger partial charge >= 0.3 is 17.9 Å². The summed E-state index contributed by atoms with van der Waals surface area (Å²) >= 11 is 0. The zero-order valence-electron chi connectivity index (χ0n) is 24.9. The molecule has 1 saturated heterocycles. The van der Waals surface area contributed by atoms with Gasteiger partial charge in [-0.05, 0) is 66.8 Å². The van der Waals surface area contributed by atoms with Gasteiger partial charge in [0, 0.05) is 17.3 Å². The zero-order valence-corrected chi connectivity index (χ0v) is 24.9. The molecule has 1 N–H and O–H groups in total. The van der Waals surface area contributed by atoms with Gasteiger partial charge in [0.25, 0.3) is 0 Å². The summed E-state index contributed by atoms with van der Waals surface area (Å²) < 4.78 is 10.4. The van der Waals surface area contributed by atoms with Crippen LogP contribution >= 0.6 is 0 Å². The molecule has 6 aliphatic rings. The molecule has 1 aromatic carbocycles. The monoisotopic (exact) mass is 561 g/mol. The third-order valence-electron chi connectivity index (χ3n) is 12.0. The Labute approximate surface area is 242 Å². The molecule has 7 heteroatoms. The average Bonchev–Trinajstić information content (AvgIpc) is 3.27. The standard InChI is InChI=1S/C34H43NO6/c1-19(2)22-18-34-15-12-24-32(3,25(34)17-21(22)26-27(34)30(38)41-29(26)37)13-9-14-33(24,4)31(39)35-23(28(36)40-5)16-20-10-7-6-8-11-20/h6-8,10-11,18-19,21,23-27H,9,12-17H2,1-5H3,(H,35,39)/t21-,23-,24+,25+,26+,27-,32-,33?,34-/m0/s1. The van der Waals surface area contributed by atoms with E-state index in [-0.39, 0.29) is 46.9 Å². The number of carbonyl (C=O) groups excluding carboxylic acids is 4. The third kappa shape index (κ3) is 4.04. The number of cyclic esters (lactones) is 2. The molecule has 1 spiro atoms. The number of benzene rings is 1. The van der Waals surface area contributed by atoms with Crippen LogP contribution in [0, 0.1) is 51.8 Å². The largest absolute Gasteiger partial charge is 0.467 e. The number of esters is 3. The first-order valence-electron chi connectivity index (χ1n) is 15.4. The van der Waals surface area contributed by atoms with Gasteiger partial charge in [0.2, 0.25) is 5.91 Å². The number of rotatable bonds is 6. The summed E-state index contributed by atoms with van der Waals surface area (Å²) in [6.07, 6.45) is 7.79. The Morgan fingerprint density at radius 1 is 1.05 bits per heavy atom. The number of hydrogen-bond donors (Lipinski definition) is 1. The van der Waals surface area contributed by atoms with Crippen molar-refractivity contribution in [1.82, 2.24) is 5.32 Å². The number of carbonyl (C=O) groups is 4. The van der Waals surface area contributed by atoms with Crippen LogP contribution in [0.1, 0.15) is 71.8 Å². The van der Waals surface area contributed by atoms with Gasteiger partial charge in [-0.25, -0.2) is 4.79 Å². The molecule has 7 rings (SSSR count). The van der Waals surface area contributed by atoms with E-state index in [0.29, 0.717) is 12.3 Å². The highest BCUT2D eigenvalue weighted by Crippen LogP contribution is 2.74. The normalized spacial score (nSPS) is 39.7. The van der Waals surface area contributed by atoms with E-state index >= 15 is 0 Å². The summed E-state index contributed by atoms with van der Waals surface area (Å²) in [6, 6.07) is 8.90. The maximum absolute atomic E-state index is 14.2. The van der Waals surface area contributed by atoms with E-state index in [1.807, 2.05) is 30.3 Å². The Morgan fingerprint density at radius 3 is 2.46 bits per heavy atom. The highest BCUT2D eigenvalue weighted by Gasteiger charge is 2.73. The van der Waals surface area contributed by atoms with Crippen LogP contribution in [0.2, 0.25) is 0 Å². The first-order chi connectivity index (χ1) is 19.5. The van der Waals surface area contributed by atoms with Gasteiger partial charge in [-0.15, -0.1) is 0 Å². The highest BCUT2D eigenvalue weighted by atomic mass is 16.6. The lowest BCUT2D eigenvalue weighted by Crippen LogP contribution is -2.66. The molecule has 1 amide bonds. The van der Waals surface area contributed by atoms with Crippen LogP contribution < -0.4 is 5.32 Å². The molecule has 4 fully saturated rings. The average molecular weight is 562 g/mol. The van der Waals surface area contributed by atoms with Crippen molar-refractivity contribution in [3.05, 3.63) is 47.5 Å². The second-order valence-corrected chi connectivity index (χ2v) is 14.2. The number of ether oxygens (including phenoxy) is 2. The van der Waals surface area contributed by atoms with E-state index in [0.717, 1.165) is 44.1 Å². The molecule has 1 unspecified atom stereocenters. The number of fused-ring (bicyclic) bond motifs is 1. The van der Waals surface area contributed by atoms with Crippen LogP contribution in [0.3, 0.4) is 0 Å². The summed E-state index contributed by atoms with van der Waals surface area (Å²) in [4.78, 5) is 53.2. The van der Waals surface area contributed by atoms with Gasteiger partial charge in [-0.2, -0.15) is 0 Å². The molecule has 1 aromatic rings. The Kier molecular flexibility index (Phi) is 6.74. The summed E-state index contributed by atoms with van der Waals surface area (Å²) in [6.45, 7) is 8.76. The molecular weight excluding hydrogens is 518 g/mol. The van der Waals surface area contributed by atoms with Crippen molar-refractivity contribution in [2.24, 2.45) is 51.8 Å². The molecule has 2 bridgehead atoms. The number of amides is 1. The van der Waals surface area contributed by atoms with E-state index in [1.54, 1.807) is 0 Å². The molecule has 7 nitrogen and oxygen atoms in total. The number of hydrogen-bond acceptors (Lipinski definition) is 6. The molecule has 0 aromatic heterocycles. The maximum atomic E-state index is 14.2. The Bertz CT molecular complexity index is 1300. The minimum atomic E-state index is -0.767. The smallest absolute Gasteiger partial charge is 0.328 e. The molecule has 5 aliphatic carbocycles. The fourth-order valence-electron chi connectivity index (χ4n) is 10.3. The fraction of sp³-hybridized carbons (Fsp3) is 0.647. The number of allylic oxidation sites excluding steroid dienone is 2. The van der Waals surface area contributed by atoms with Crippen LogP contribution in [-0.4, -0.2) is 37.0 Å². The maximum Gasteiger partial charge on any atom is 0.328 e. The van der Waals surface area contributed by atoms with Crippen molar-refractivity contribution in [1.29, 1.82) is 0 Å². The Hall–Kier alpha value is -2.96. The summed E-state index contributed by atoms with van der Waals surface area (Å²) in [5, 5.41) is 3.11. The molecule has 41 heavy (non-hydrogen) atoms. The van der Waals surface area contributed by atoms with E-state index in [4.69, 9.17) is 9.47 Å². The van der Waals surface area contributed by atoms with Crippen molar-refractivity contribution in [3.8, 4) is 0 Å². The van der Waals surface area contributed by atoms with Crippen molar-refractivity contribution >= 4 is 23.8 Å². The van der Waals surface area contributed by atoms with Gasteiger partial charge in [0.05, 0.1) is 18.9 Å². The minimum Gasteiger partial charge on any atom is -0.467 e. The van der Waals surface area contributed by atoms with Gasteiger partial charge < -0.3 is 14.8 Å². The molecule has 0 radical (unpaired) electrons. The lowest BCUT2D eigenvalue weighted by atomic mass is 9.34. The summed E-state index contributed by atoms with van der Waals surface area (Å²) in [5.74, 6) is -1.44. The van der Waals surface area contributed by atoms with Gasteiger partial charge in [0.1, 0.15) is 6.04 Å². The molecule has 1 aliphatic heterocycles. The van der Waals surface area contributed by atoms with Crippen molar-refractivity contribution in [2.45, 2.75) is 78.7 Å². The van der Waals surface area contributed by atoms with Crippen LogP contribution in [-0.2, 0) is 35.1 Å². The zero-order chi connectivity index (χ0) is 29.3. The second-order valence-electron chi connectivity index (χ2n) is 14.2. The van der Waals surface area contributed by atoms with Crippen LogP contribution in [0.4, 0.5) is 0 Å². The fourth-order valence-corrected chi connectivity index (χ4v) is 10.3. The SMILES string of the molecule is COC(=O)[C@H](Cc1ccccc1)NC(=O)C1(C)CCC[C@]2(C)[C@H]3C[C@H]4C(C(C)C)=C[C@]3(CC[C@@H]12)[C@@H]1C(=O)OC(=O)[C@@H]14. The predicted octanol–water partition coefficient (Wildman–Crippen LogP) is 5.03. The second kappa shape index (κ2) is 9.81. The Morgan fingerprint density at radius 2 is 1.78 bits per heavy atom. The molecule has 3 saturated carbocycles. The summed E-state index contributed by atoms with van der Waals surface area (Å²) in [5.41, 5.74) is 1.000. The van der Waals surface area contributed by atoms with E-state index in [1.165, 1.54) is 12.7 Å². The van der Waals surface area contributed by atoms with Gasteiger partial charge in [-0.3, -0.25) is 14.4 Å². The van der Waals surface area contributed by atoms with Crippen molar-refractivity contribution < 1.29 is 28.7 Å². The highest BCUT2D eigenvalue weighted by molar-refractivity contribution is 5.98. The minimum absolute atomic E-state index is 0.0120. The van der Waals surface area contributed by atoms with Gasteiger partial charge in [-0.1, -0.05) is 76.1 Å². The number of methoxy groups -OCH3 is 1. The lowest BCUT2D eigenvalue weighted by molar-refractivity contribution is -0.188. The van der Waals surface area contributed by atoms with E-state index < -0.39 is 28.8 Å². The van der Waals surface area contributed by atoms with E-state index in [2.05, 4.69) is 39.1 Å². The molecule has 1 heterocycles. The van der Waals surface area contributed by atoms with Crippen molar-refractivity contribution in [3.63, 3.8) is 0 Å². The van der Waals surface area contributed by atoms with Crippen LogP contribution in [0.5, 0.6) is 0 Å². The third-order valence-corrected chi connectivity index (χ3v) is 12.0. The topological polar surface area (TPSA) is 98.8 Å². The van der Waals surface area contributed by atoms with Crippen molar-refractivity contribution in [2.75, 3.05) is 7.11 Å². The number of nitrogens with one attached hydrogen (secondary N) is 1. The quantitative estimate of drug-likeness (QED) is 0.297. The molecule has 9 atom stereocenters. The first kappa shape index (κ1) is 28.2. The molecular formula is C34H43NO6. The van der Waals surface area contributed by atoms with Crippen LogP contribution in [0.15, 0.2) is 42.0 Å².